The molecule has 0 atom stereocenters. The maximum atomic E-state index is 10.8. The monoisotopic (exact) mass is 258 g/mol. The smallest absolute Gasteiger partial charge is 0.375 e. The molecule has 0 saturated carbocycles. The molecule has 0 bridgehead atoms. The van der Waals surface area contributed by atoms with Gasteiger partial charge >= 0.3 is 11.6 Å². The average Bonchev–Trinajstić information content (AvgIpc) is 2.27. The van der Waals surface area contributed by atoms with Gasteiger partial charge in [0.2, 0.25) is 5.82 Å². The molecule has 0 saturated heterocycles. The Morgan fingerprint density at radius 1 is 1.62 bits per heavy atom. The molecule has 16 heavy (non-hydrogen) atoms. The standard InChI is InChI=1S/C7H6N4O3S2/c1-14-6-4(11(12)13)5(8-3-15)9-7(10-6)16-2/h1-2H3. The lowest BCUT2D eigenvalue weighted by Crippen LogP contribution is -2.00. The summed E-state index contributed by atoms with van der Waals surface area (Å²) >= 11 is 5.60. The topological polar surface area (TPSA) is 90.5 Å². The van der Waals surface area contributed by atoms with Gasteiger partial charge in [-0.25, -0.2) is 0 Å². The largest absolute Gasteiger partial charge is 0.476 e. The summed E-state index contributed by atoms with van der Waals surface area (Å²) in [6.07, 6.45) is 1.73. The highest BCUT2D eigenvalue weighted by Gasteiger charge is 2.25. The second kappa shape index (κ2) is 5.50. The van der Waals surface area contributed by atoms with Gasteiger partial charge in [0.05, 0.1) is 17.2 Å². The molecule has 0 aliphatic carbocycles. The van der Waals surface area contributed by atoms with Gasteiger partial charge in [-0.2, -0.15) is 15.0 Å². The molecule has 1 heterocycles. The SMILES string of the molecule is COc1nc(SC)nc(N=C=S)c1[N+](=O)[O-]. The highest BCUT2D eigenvalue weighted by atomic mass is 32.2. The van der Waals surface area contributed by atoms with Crippen molar-refractivity contribution >= 4 is 40.6 Å². The Labute approximate surface area is 100 Å². The summed E-state index contributed by atoms with van der Waals surface area (Å²) in [4.78, 5) is 21.3. The first-order valence-electron chi connectivity index (χ1n) is 3.86. The molecule has 0 spiro atoms. The van der Waals surface area contributed by atoms with Crippen LogP contribution in [0, 0.1) is 10.1 Å². The molecule has 0 aliphatic rings. The minimum absolute atomic E-state index is 0.145. The zero-order chi connectivity index (χ0) is 12.1. The number of ether oxygens (including phenoxy) is 1. The van der Waals surface area contributed by atoms with Gasteiger partial charge < -0.3 is 4.74 Å². The zero-order valence-corrected chi connectivity index (χ0v) is 9.96. The number of thioether (sulfide) groups is 1. The summed E-state index contributed by atoms with van der Waals surface area (Å²) in [7, 11) is 1.28. The van der Waals surface area contributed by atoms with E-state index in [0.29, 0.717) is 5.16 Å². The molecule has 1 aromatic rings. The van der Waals surface area contributed by atoms with Gasteiger partial charge in [-0.1, -0.05) is 11.8 Å². The normalized spacial score (nSPS) is 9.38. The molecular formula is C7H6N4O3S2. The van der Waals surface area contributed by atoms with E-state index in [1.165, 1.54) is 18.9 Å². The first-order valence-corrected chi connectivity index (χ1v) is 5.49. The van der Waals surface area contributed by atoms with Crippen LogP contribution in [0.4, 0.5) is 11.5 Å². The fourth-order valence-corrected chi connectivity index (χ4v) is 1.36. The molecule has 1 rings (SSSR count). The summed E-state index contributed by atoms with van der Waals surface area (Å²) in [6.45, 7) is 0. The predicted molar refractivity (Wildman–Crippen MR) is 61.7 cm³/mol. The molecule has 0 radical (unpaired) electrons. The van der Waals surface area contributed by atoms with Gasteiger partial charge in [-0.3, -0.25) is 10.1 Å². The van der Waals surface area contributed by atoms with E-state index in [-0.39, 0.29) is 11.7 Å². The van der Waals surface area contributed by atoms with Gasteiger partial charge in [0.1, 0.15) is 0 Å². The summed E-state index contributed by atoms with van der Waals surface area (Å²) in [5.41, 5.74) is -0.419. The lowest BCUT2D eigenvalue weighted by atomic mass is 10.4. The Hall–Kier alpha value is -1.57. The van der Waals surface area contributed by atoms with Crippen LogP contribution < -0.4 is 4.74 Å². The first-order chi connectivity index (χ1) is 7.63. The molecule has 0 N–H and O–H groups in total. The molecule has 0 amide bonds. The van der Waals surface area contributed by atoms with Crippen molar-refractivity contribution in [2.45, 2.75) is 5.16 Å². The molecular weight excluding hydrogens is 252 g/mol. The van der Waals surface area contributed by atoms with Crippen molar-refractivity contribution in [3.8, 4) is 5.88 Å². The minimum atomic E-state index is -0.672. The van der Waals surface area contributed by atoms with Gasteiger partial charge in [0, 0.05) is 0 Å². The summed E-state index contributed by atoms with van der Waals surface area (Å²) < 4.78 is 4.81. The molecule has 0 unspecified atom stereocenters. The molecule has 1 aromatic heterocycles. The van der Waals surface area contributed by atoms with Crippen LogP contribution in [0.1, 0.15) is 0 Å². The molecule has 0 aromatic carbocycles. The highest BCUT2D eigenvalue weighted by Crippen LogP contribution is 2.34. The minimum Gasteiger partial charge on any atom is -0.476 e. The van der Waals surface area contributed by atoms with Gasteiger partial charge in [-0.15, -0.1) is 0 Å². The first kappa shape index (κ1) is 12.5. The maximum Gasteiger partial charge on any atom is 0.375 e. The van der Waals surface area contributed by atoms with Crippen molar-refractivity contribution in [3.63, 3.8) is 0 Å². The summed E-state index contributed by atoms with van der Waals surface area (Å²) in [5.74, 6) is -0.301. The summed E-state index contributed by atoms with van der Waals surface area (Å²) in [5, 5.41) is 13.1. The number of aliphatic imine (C=N–C) groups is 1. The van der Waals surface area contributed by atoms with Crippen LogP contribution in [0.15, 0.2) is 10.1 Å². The van der Waals surface area contributed by atoms with Crippen molar-refractivity contribution in [2.24, 2.45) is 4.99 Å². The summed E-state index contributed by atoms with van der Waals surface area (Å²) in [6, 6.07) is 0. The third kappa shape index (κ3) is 2.51. The Morgan fingerprint density at radius 2 is 2.31 bits per heavy atom. The maximum absolute atomic E-state index is 10.8. The van der Waals surface area contributed by atoms with Crippen molar-refractivity contribution < 1.29 is 9.66 Å². The molecule has 9 heteroatoms. The van der Waals surface area contributed by atoms with Crippen LogP contribution in [0.25, 0.3) is 0 Å². The number of nitro groups is 1. The quantitative estimate of drug-likeness (QED) is 0.203. The van der Waals surface area contributed by atoms with E-state index in [2.05, 4.69) is 27.2 Å². The van der Waals surface area contributed by atoms with E-state index in [0.717, 1.165) is 0 Å². The number of nitrogens with zero attached hydrogens (tertiary/aromatic N) is 4. The molecule has 0 aliphatic heterocycles. The van der Waals surface area contributed by atoms with Gasteiger partial charge in [-0.05, 0) is 18.5 Å². The number of isothiocyanates is 1. The van der Waals surface area contributed by atoms with Crippen LogP contribution in [0.3, 0.4) is 0 Å². The van der Waals surface area contributed by atoms with E-state index >= 15 is 0 Å². The van der Waals surface area contributed by atoms with E-state index < -0.39 is 10.6 Å². The average molecular weight is 258 g/mol. The van der Waals surface area contributed by atoms with Crippen molar-refractivity contribution in [1.82, 2.24) is 9.97 Å². The van der Waals surface area contributed by atoms with E-state index in [9.17, 15) is 10.1 Å². The lowest BCUT2D eigenvalue weighted by molar-refractivity contribution is -0.385. The molecule has 7 nitrogen and oxygen atoms in total. The number of hydrogen-bond donors (Lipinski definition) is 0. The second-order valence-electron chi connectivity index (χ2n) is 2.35. The van der Waals surface area contributed by atoms with Crippen LogP contribution in [-0.4, -0.2) is 33.4 Å². The Balaban J connectivity index is 3.52. The third-order valence-electron chi connectivity index (χ3n) is 1.52. The molecule has 84 valence electrons. The number of methoxy groups -OCH3 is 1. The van der Waals surface area contributed by atoms with Gasteiger partial charge in [0.25, 0.3) is 0 Å². The fourth-order valence-electron chi connectivity index (χ4n) is 0.919. The van der Waals surface area contributed by atoms with Crippen molar-refractivity contribution in [1.29, 1.82) is 0 Å². The van der Waals surface area contributed by atoms with Crippen molar-refractivity contribution in [2.75, 3.05) is 13.4 Å². The molecule has 0 fully saturated rings. The number of hydrogen-bond acceptors (Lipinski definition) is 8. The fraction of sp³-hybridized carbons (Fsp3) is 0.286. The number of thiocarbonyl (C=S) groups is 1. The Bertz CT molecular complexity index is 473. The number of rotatable bonds is 4. The zero-order valence-electron chi connectivity index (χ0n) is 8.33. The van der Waals surface area contributed by atoms with Gasteiger partial charge in [0.15, 0.2) is 5.16 Å². The van der Waals surface area contributed by atoms with Crippen LogP contribution in [0.5, 0.6) is 5.88 Å². The second-order valence-corrected chi connectivity index (χ2v) is 3.31. The van der Waals surface area contributed by atoms with E-state index in [4.69, 9.17) is 4.74 Å². The predicted octanol–water partition coefficient (Wildman–Crippen LogP) is 1.85. The van der Waals surface area contributed by atoms with E-state index in [1.54, 1.807) is 6.26 Å². The van der Waals surface area contributed by atoms with E-state index in [1.807, 2.05) is 5.16 Å². The van der Waals surface area contributed by atoms with Crippen LogP contribution in [0.2, 0.25) is 0 Å². The lowest BCUT2D eigenvalue weighted by Gasteiger charge is -2.03. The van der Waals surface area contributed by atoms with Crippen molar-refractivity contribution in [3.05, 3.63) is 10.1 Å². The van der Waals surface area contributed by atoms with Crippen LogP contribution >= 0.6 is 24.0 Å². The number of aromatic nitrogens is 2. The Morgan fingerprint density at radius 3 is 2.75 bits per heavy atom. The van der Waals surface area contributed by atoms with Crippen LogP contribution in [-0.2, 0) is 0 Å². The third-order valence-corrected chi connectivity index (χ3v) is 2.16. The Kier molecular flexibility index (Phi) is 4.29. The highest BCUT2D eigenvalue weighted by molar-refractivity contribution is 7.98.